The molecule has 1 aromatic carbocycles. The molecule has 3 heterocycles. The van der Waals surface area contributed by atoms with E-state index < -0.39 is 0 Å². The van der Waals surface area contributed by atoms with Gasteiger partial charge < -0.3 is 14.5 Å². The molecular formula is C22H30N4O2. The van der Waals surface area contributed by atoms with E-state index in [2.05, 4.69) is 41.3 Å². The molecule has 2 aliphatic heterocycles. The number of likely N-dealkylation sites (tertiary alicyclic amines) is 1. The van der Waals surface area contributed by atoms with E-state index in [1.54, 1.807) is 4.68 Å². The second-order valence-corrected chi connectivity index (χ2v) is 8.26. The molecule has 2 aliphatic rings. The Labute approximate surface area is 167 Å². The first kappa shape index (κ1) is 19.0. The zero-order chi connectivity index (χ0) is 19.7. The van der Waals surface area contributed by atoms with Crippen LogP contribution >= 0.6 is 0 Å². The number of likely N-dealkylation sites (N-methyl/N-ethyl adjacent to an activating group) is 1. The van der Waals surface area contributed by atoms with Crippen molar-refractivity contribution in [3.8, 4) is 0 Å². The van der Waals surface area contributed by atoms with Crippen LogP contribution in [-0.4, -0.2) is 59.0 Å². The molecule has 2 fully saturated rings. The monoisotopic (exact) mass is 382 g/mol. The van der Waals surface area contributed by atoms with Crippen LogP contribution in [0.1, 0.15) is 30.7 Å². The maximum absolute atomic E-state index is 12.7. The van der Waals surface area contributed by atoms with Gasteiger partial charge in [-0.3, -0.25) is 9.48 Å². The van der Waals surface area contributed by atoms with Crippen molar-refractivity contribution in [2.45, 2.75) is 51.3 Å². The van der Waals surface area contributed by atoms with Crippen molar-refractivity contribution in [2.24, 2.45) is 0 Å². The Morgan fingerprint density at radius 2 is 1.96 bits per heavy atom. The molecule has 1 amide bonds. The zero-order valence-corrected chi connectivity index (χ0v) is 17.1. The minimum Gasteiger partial charge on any atom is -0.373 e. The van der Waals surface area contributed by atoms with E-state index in [0.29, 0.717) is 12.6 Å². The lowest BCUT2D eigenvalue weighted by molar-refractivity contribution is -0.136. The van der Waals surface area contributed by atoms with Gasteiger partial charge in [0.05, 0.1) is 23.9 Å². The van der Waals surface area contributed by atoms with Gasteiger partial charge in [-0.15, -0.1) is 0 Å². The molecule has 6 nitrogen and oxygen atoms in total. The van der Waals surface area contributed by atoms with Gasteiger partial charge in [-0.1, -0.05) is 18.2 Å². The number of nitrogens with zero attached hydrogens (tertiary/aromatic N) is 4. The van der Waals surface area contributed by atoms with Crippen LogP contribution in [0.3, 0.4) is 0 Å². The summed E-state index contributed by atoms with van der Waals surface area (Å²) in [5.41, 5.74) is 3.13. The third-order valence-electron chi connectivity index (χ3n) is 6.32. The highest BCUT2D eigenvalue weighted by molar-refractivity contribution is 5.76. The largest absolute Gasteiger partial charge is 0.373 e. The van der Waals surface area contributed by atoms with Crippen LogP contribution in [0.5, 0.6) is 0 Å². The maximum Gasteiger partial charge on any atom is 0.244 e. The highest BCUT2D eigenvalue weighted by atomic mass is 16.5. The Balaban J connectivity index is 1.32. The normalized spacial score (nSPS) is 21.2. The minimum absolute atomic E-state index is 0.0807. The Morgan fingerprint density at radius 3 is 2.61 bits per heavy atom. The fourth-order valence-electron chi connectivity index (χ4n) is 4.52. The summed E-state index contributed by atoms with van der Waals surface area (Å²) >= 11 is 0. The lowest BCUT2D eigenvalue weighted by Crippen LogP contribution is -2.48. The van der Waals surface area contributed by atoms with Crippen molar-refractivity contribution < 1.29 is 9.53 Å². The summed E-state index contributed by atoms with van der Waals surface area (Å²) in [6, 6.07) is 12.9. The molecule has 4 rings (SSSR count). The molecule has 1 spiro atoms. The predicted molar refractivity (Wildman–Crippen MR) is 109 cm³/mol. The van der Waals surface area contributed by atoms with Gasteiger partial charge in [-0.2, -0.15) is 5.10 Å². The molecule has 28 heavy (non-hydrogen) atoms. The average molecular weight is 383 g/mol. The van der Waals surface area contributed by atoms with Crippen LogP contribution in [0, 0.1) is 13.8 Å². The van der Waals surface area contributed by atoms with Crippen molar-refractivity contribution in [3.63, 3.8) is 0 Å². The zero-order valence-electron chi connectivity index (χ0n) is 17.1. The van der Waals surface area contributed by atoms with Crippen LogP contribution in [-0.2, 0) is 16.1 Å². The lowest BCUT2D eigenvalue weighted by Gasteiger charge is -2.39. The van der Waals surface area contributed by atoms with Gasteiger partial charge in [0.2, 0.25) is 5.91 Å². The molecule has 0 unspecified atom stereocenters. The van der Waals surface area contributed by atoms with Gasteiger partial charge in [0.15, 0.2) is 0 Å². The van der Waals surface area contributed by atoms with Crippen molar-refractivity contribution in [3.05, 3.63) is 47.8 Å². The molecule has 150 valence electrons. The van der Waals surface area contributed by atoms with Gasteiger partial charge in [0, 0.05) is 31.5 Å². The van der Waals surface area contributed by atoms with E-state index >= 15 is 0 Å². The lowest BCUT2D eigenvalue weighted by atomic mass is 9.87. The topological polar surface area (TPSA) is 50.6 Å². The molecule has 2 aromatic rings. The molecule has 0 saturated carbocycles. The van der Waals surface area contributed by atoms with E-state index in [0.717, 1.165) is 50.3 Å². The fraction of sp³-hybridized carbons (Fsp3) is 0.545. The van der Waals surface area contributed by atoms with Crippen LogP contribution in [0.2, 0.25) is 0 Å². The fourth-order valence-corrected chi connectivity index (χ4v) is 4.52. The summed E-state index contributed by atoms with van der Waals surface area (Å²) in [6.45, 7) is 6.56. The summed E-state index contributed by atoms with van der Waals surface area (Å²) in [7, 11) is 2.15. The van der Waals surface area contributed by atoms with Crippen molar-refractivity contribution >= 4 is 11.6 Å². The Bertz CT molecular complexity index is 824. The third-order valence-corrected chi connectivity index (χ3v) is 6.32. The number of amides is 1. The van der Waals surface area contributed by atoms with Crippen molar-refractivity contribution in [1.82, 2.24) is 14.7 Å². The number of rotatable bonds is 4. The molecule has 6 heteroatoms. The number of anilines is 1. The van der Waals surface area contributed by atoms with E-state index in [4.69, 9.17) is 4.74 Å². The Kier molecular flexibility index (Phi) is 5.15. The molecule has 0 aliphatic carbocycles. The second-order valence-electron chi connectivity index (χ2n) is 8.26. The number of piperidine rings is 1. The van der Waals surface area contributed by atoms with Crippen LogP contribution < -0.4 is 4.90 Å². The molecule has 2 saturated heterocycles. The number of benzene rings is 1. The SMILES string of the molecule is Cc1cc(C)n(CC(=O)N2CCC3(CC2)C[C@@H](N(C)c2ccccc2)CO3)n1. The standard InChI is InChI=1S/C22H30N4O2/c1-17-13-18(2)26(23-17)15-21(27)25-11-9-22(10-12-25)14-20(16-28-22)24(3)19-7-5-4-6-8-19/h4-8,13,20H,9-12,14-16H2,1-3H3/t20-/m1/s1. The Hall–Kier alpha value is -2.34. The summed E-state index contributed by atoms with van der Waals surface area (Å²) < 4.78 is 8.11. The van der Waals surface area contributed by atoms with Gasteiger partial charge >= 0.3 is 0 Å². The summed E-state index contributed by atoms with van der Waals surface area (Å²) in [5, 5.41) is 4.41. The highest BCUT2D eigenvalue weighted by Crippen LogP contribution is 2.38. The third kappa shape index (κ3) is 3.78. The van der Waals surface area contributed by atoms with Gasteiger partial charge in [0.25, 0.3) is 0 Å². The molecule has 0 radical (unpaired) electrons. The van der Waals surface area contributed by atoms with E-state index in [1.165, 1.54) is 5.69 Å². The molecule has 1 atom stereocenters. The number of hydrogen-bond donors (Lipinski definition) is 0. The number of aromatic nitrogens is 2. The number of para-hydroxylation sites is 1. The first-order valence-electron chi connectivity index (χ1n) is 10.2. The quantitative estimate of drug-likeness (QED) is 0.816. The van der Waals surface area contributed by atoms with E-state index in [1.807, 2.05) is 30.9 Å². The average Bonchev–Trinajstić information content (AvgIpc) is 3.25. The van der Waals surface area contributed by atoms with Gasteiger partial charge in [0.1, 0.15) is 6.54 Å². The summed E-state index contributed by atoms with van der Waals surface area (Å²) in [6.07, 6.45) is 2.85. The first-order valence-corrected chi connectivity index (χ1v) is 10.2. The number of hydrogen-bond acceptors (Lipinski definition) is 4. The van der Waals surface area contributed by atoms with E-state index in [9.17, 15) is 4.79 Å². The smallest absolute Gasteiger partial charge is 0.244 e. The van der Waals surface area contributed by atoms with Gasteiger partial charge in [-0.25, -0.2) is 0 Å². The summed E-state index contributed by atoms with van der Waals surface area (Å²) in [5.74, 6) is 0.150. The first-order chi connectivity index (χ1) is 13.5. The molecule has 1 aromatic heterocycles. The van der Waals surface area contributed by atoms with Crippen LogP contribution in [0.4, 0.5) is 5.69 Å². The minimum atomic E-state index is -0.0807. The molecule has 0 bridgehead atoms. The molecular weight excluding hydrogens is 352 g/mol. The highest BCUT2D eigenvalue weighted by Gasteiger charge is 2.44. The van der Waals surface area contributed by atoms with Gasteiger partial charge in [-0.05, 0) is 51.3 Å². The predicted octanol–water partition coefficient (Wildman–Crippen LogP) is 2.79. The number of carbonyl (C=O) groups is 1. The summed E-state index contributed by atoms with van der Waals surface area (Å²) in [4.78, 5) is 17.0. The van der Waals surface area contributed by atoms with E-state index in [-0.39, 0.29) is 11.5 Å². The second kappa shape index (κ2) is 7.59. The van der Waals surface area contributed by atoms with Crippen LogP contribution in [0.15, 0.2) is 36.4 Å². The maximum atomic E-state index is 12.7. The Morgan fingerprint density at radius 1 is 1.25 bits per heavy atom. The molecule has 0 N–H and O–H groups in total. The van der Waals surface area contributed by atoms with Crippen molar-refractivity contribution in [2.75, 3.05) is 31.6 Å². The number of aryl methyl sites for hydroxylation is 2. The number of carbonyl (C=O) groups excluding carboxylic acids is 1. The van der Waals surface area contributed by atoms with Crippen LogP contribution in [0.25, 0.3) is 0 Å². The van der Waals surface area contributed by atoms with Crippen molar-refractivity contribution in [1.29, 1.82) is 0 Å². The number of ether oxygens (including phenoxy) is 1.